The molecule has 1 amide bonds. The summed E-state index contributed by atoms with van der Waals surface area (Å²) in [6, 6.07) is 15.4. The zero-order valence-corrected chi connectivity index (χ0v) is 15.2. The van der Waals surface area contributed by atoms with Gasteiger partial charge in [-0.3, -0.25) is 4.79 Å². The number of carbonyl (C=O) groups is 1. The van der Waals surface area contributed by atoms with E-state index in [9.17, 15) is 4.79 Å². The highest BCUT2D eigenvalue weighted by Crippen LogP contribution is 2.28. The predicted molar refractivity (Wildman–Crippen MR) is 99.7 cm³/mol. The minimum absolute atomic E-state index is 0.141. The molecule has 0 bridgehead atoms. The first-order valence-electron chi connectivity index (χ1n) is 8.70. The van der Waals surface area contributed by atoms with Gasteiger partial charge in [0.25, 0.3) is 5.91 Å². The molecule has 2 heterocycles. The summed E-state index contributed by atoms with van der Waals surface area (Å²) in [7, 11) is 1.64. The molecule has 0 radical (unpaired) electrons. The molecule has 1 aromatic heterocycles. The van der Waals surface area contributed by atoms with Gasteiger partial charge in [0.2, 0.25) is 0 Å². The van der Waals surface area contributed by atoms with Crippen LogP contribution in [0.5, 0.6) is 5.75 Å². The molecule has 1 N–H and O–H groups in total. The summed E-state index contributed by atoms with van der Waals surface area (Å²) in [5.74, 6) is 0.513. The largest absolute Gasteiger partial charge is 0.497 e. The Balaban J connectivity index is 1.50. The number of carbonyl (C=O) groups excluding carboxylic acids is 1. The lowest BCUT2D eigenvalue weighted by Crippen LogP contribution is -2.24. The van der Waals surface area contributed by atoms with Gasteiger partial charge in [-0.1, -0.05) is 29.5 Å². The molecule has 0 unspecified atom stereocenters. The maximum atomic E-state index is 12.6. The van der Waals surface area contributed by atoms with Crippen molar-refractivity contribution in [1.29, 1.82) is 0 Å². The second kappa shape index (κ2) is 7.20. The van der Waals surface area contributed by atoms with Gasteiger partial charge < -0.3 is 14.8 Å². The molecule has 0 fully saturated rings. The summed E-state index contributed by atoms with van der Waals surface area (Å²) in [5, 5.41) is 11.1. The second-order valence-electron chi connectivity index (χ2n) is 6.46. The lowest BCUT2D eigenvalue weighted by atomic mass is 10.1. The van der Waals surface area contributed by atoms with Gasteiger partial charge in [-0.05, 0) is 42.3 Å². The third-order valence-corrected chi connectivity index (χ3v) is 4.58. The van der Waals surface area contributed by atoms with Crippen LogP contribution in [0, 0.1) is 6.92 Å². The third-order valence-electron chi connectivity index (χ3n) is 4.58. The average Bonchev–Trinajstić information content (AvgIpc) is 3.11. The minimum Gasteiger partial charge on any atom is -0.497 e. The van der Waals surface area contributed by atoms with Gasteiger partial charge in [-0.25, -0.2) is 4.68 Å². The van der Waals surface area contributed by atoms with Crippen LogP contribution in [0.1, 0.15) is 33.4 Å². The highest BCUT2D eigenvalue weighted by Gasteiger charge is 2.27. The van der Waals surface area contributed by atoms with Gasteiger partial charge in [0.15, 0.2) is 5.69 Å². The van der Waals surface area contributed by atoms with E-state index in [1.165, 1.54) is 0 Å². The van der Waals surface area contributed by atoms with Crippen molar-refractivity contribution in [2.45, 2.75) is 26.2 Å². The van der Waals surface area contributed by atoms with Gasteiger partial charge in [0.05, 0.1) is 26.0 Å². The molecule has 1 aliphatic rings. The highest BCUT2D eigenvalue weighted by molar-refractivity contribution is 6.03. The normalized spacial score (nSPS) is 15.9. The fourth-order valence-electron chi connectivity index (χ4n) is 3.12. The summed E-state index contributed by atoms with van der Waals surface area (Å²) in [6.07, 6.45) is -0.141. The molecule has 7 nitrogen and oxygen atoms in total. The fraction of sp³-hybridized carbons (Fsp3) is 0.250. The maximum absolute atomic E-state index is 12.6. The molecule has 7 heteroatoms. The first-order chi connectivity index (χ1) is 13.1. The Bertz CT molecular complexity index is 966. The van der Waals surface area contributed by atoms with E-state index in [4.69, 9.17) is 9.47 Å². The fourth-order valence-corrected chi connectivity index (χ4v) is 3.12. The van der Waals surface area contributed by atoms with Gasteiger partial charge in [-0.15, -0.1) is 5.10 Å². The highest BCUT2D eigenvalue weighted by atomic mass is 16.5. The van der Waals surface area contributed by atoms with Crippen LogP contribution in [-0.2, 0) is 17.9 Å². The third kappa shape index (κ3) is 3.54. The molecular weight excluding hydrogens is 344 g/mol. The number of nitrogens with one attached hydrogen (secondary N) is 1. The van der Waals surface area contributed by atoms with E-state index < -0.39 is 0 Å². The lowest BCUT2D eigenvalue weighted by molar-refractivity contribution is -0.00173. The number of aromatic nitrogens is 3. The van der Waals surface area contributed by atoms with Crippen molar-refractivity contribution in [3.05, 3.63) is 71.0 Å². The van der Waals surface area contributed by atoms with Gasteiger partial charge in [0.1, 0.15) is 11.9 Å². The van der Waals surface area contributed by atoms with Crippen molar-refractivity contribution in [2.24, 2.45) is 0 Å². The molecule has 0 spiro atoms. The van der Waals surface area contributed by atoms with Gasteiger partial charge in [-0.2, -0.15) is 0 Å². The Hall–Kier alpha value is -3.19. The zero-order chi connectivity index (χ0) is 18.8. The topological polar surface area (TPSA) is 78.3 Å². The van der Waals surface area contributed by atoms with Crippen LogP contribution in [0.15, 0.2) is 48.5 Å². The van der Waals surface area contributed by atoms with E-state index in [-0.39, 0.29) is 18.6 Å². The molecule has 4 rings (SSSR count). The molecule has 1 atom stereocenters. The number of nitrogens with zero attached hydrogens (tertiary/aromatic N) is 3. The SMILES string of the molecule is COc1ccc([C@H]2Cn3nnc(C(=O)Nc4cccc(C)c4)c3CO2)cc1. The Kier molecular flexibility index (Phi) is 4.60. The average molecular weight is 364 g/mol. The van der Waals surface area contributed by atoms with Crippen molar-refractivity contribution < 1.29 is 14.3 Å². The van der Waals surface area contributed by atoms with E-state index in [0.717, 1.165) is 22.6 Å². The Morgan fingerprint density at radius 2 is 2.07 bits per heavy atom. The summed E-state index contributed by atoms with van der Waals surface area (Å²) in [6.45, 7) is 2.76. The van der Waals surface area contributed by atoms with Crippen LogP contribution >= 0.6 is 0 Å². The van der Waals surface area contributed by atoms with Crippen LogP contribution in [0.3, 0.4) is 0 Å². The second-order valence-corrected chi connectivity index (χ2v) is 6.46. The molecule has 3 aromatic rings. The minimum atomic E-state index is -0.284. The Labute approximate surface area is 156 Å². The molecule has 0 saturated carbocycles. The van der Waals surface area contributed by atoms with Crippen molar-refractivity contribution in [3.63, 3.8) is 0 Å². The van der Waals surface area contributed by atoms with Crippen molar-refractivity contribution in [3.8, 4) is 5.75 Å². The molecule has 0 aliphatic carbocycles. The standard InChI is InChI=1S/C20H20N4O3/c1-13-4-3-5-15(10-13)21-20(25)19-17-12-27-18(11-24(17)23-22-19)14-6-8-16(26-2)9-7-14/h3-10,18H,11-12H2,1-2H3,(H,21,25)/t18-/m1/s1. The van der Waals surface area contributed by atoms with Crippen LogP contribution in [0.4, 0.5) is 5.69 Å². The van der Waals surface area contributed by atoms with E-state index in [1.54, 1.807) is 11.8 Å². The zero-order valence-electron chi connectivity index (χ0n) is 15.2. The number of rotatable bonds is 4. The first kappa shape index (κ1) is 17.2. The number of methoxy groups -OCH3 is 1. The molecule has 2 aromatic carbocycles. The van der Waals surface area contributed by atoms with Crippen LogP contribution in [0.25, 0.3) is 0 Å². The molecule has 138 valence electrons. The van der Waals surface area contributed by atoms with Gasteiger partial charge in [0, 0.05) is 5.69 Å². The lowest BCUT2D eigenvalue weighted by Gasteiger charge is -2.24. The monoisotopic (exact) mass is 364 g/mol. The van der Waals surface area contributed by atoms with Crippen LogP contribution in [0.2, 0.25) is 0 Å². The van der Waals surface area contributed by atoms with E-state index in [1.807, 2.05) is 55.5 Å². The summed E-state index contributed by atoms with van der Waals surface area (Å²) in [4.78, 5) is 12.6. The number of hydrogen-bond acceptors (Lipinski definition) is 5. The molecular formula is C20H20N4O3. The number of fused-ring (bicyclic) bond motifs is 1. The van der Waals surface area contributed by atoms with Crippen molar-refractivity contribution >= 4 is 11.6 Å². The number of amides is 1. The molecule has 27 heavy (non-hydrogen) atoms. The van der Waals surface area contributed by atoms with Crippen molar-refractivity contribution in [1.82, 2.24) is 15.0 Å². The number of hydrogen-bond donors (Lipinski definition) is 1. The van der Waals surface area contributed by atoms with E-state index in [2.05, 4.69) is 15.6 Å². The van der Waals surface area contributed by atoms with Crippen molar-refractivity contribution in [2.75, 3.05) is 12.4 Å². The predicted octanol–water partition coefficient (Wildman–Crippen LogP) is 3.12. The van der Waals surface area contributed by atoms with Crippen LogP contribution in [-0.4, -0.2) is 28.0 Å². The first-order valence-corrected chi connectivity index (χ1v) is 8.70. The van der Waals surface area contributed by atoms with E-state index >= 15 is 0 Å². The summed E-state index contributed by atoms with van der Waals surface area (Å²) >= 11 is 0. The van der Waals surface area contributed by atoms with Gasteiger partial charge >= 0.3 is 0 Å². The number of aryl methyl sites for hydroxylation is 1. The Morgan fingerprint density at radius 3 is 2.81 bits per heavy atom. The molecule has 1 aliphatic heterocycles. The number of anilines is 1. The molecule has 0 saturated heterocycles. The van der Waals surface area contributed by atoms with E-state index in [0.29, 0.717) is 17.9 Å². The summed E-state index contributed by atoms with van der Waals surface area (Å²) in [5.41, 5.74) is 3.82. The smallest absolute Gasteiger partial charge is 0.278 e. The number of benzene rings is 2. The quantitative estimate of drug-likeness (QED) is 0.770. The maximum Gasteiger partial charge on any atom is 0.278 e. The summed E-state index contributed by atoms with van der Waals surface area (Å²) < 4.78 is 12.9. The Morgan fingerprint density at radius 1 is 1.26 bits per heavy atom. The van der Waals surface area contributed by atoms with Crippen LogP contribution < -0.4 is 10.1 Å². The number of ether oxygens (including phenoxy) is 2.